The predicted octanol–water partition coefficient (Wildman–Crippen LogP) is 3.90. The zero-order chi connectivity index (χ0) is 14.7. The van der Waals surface area contributed by atoms with E-state index < -0.39 is 0 Å². The molecule has 0 aliphatic rings. The normalized spacial score (nSPS) is 11.0. The summed E-state index contributed by atoms with van der Waals surface area (Å²) < 4.78 is 7.17. The molecule has 2 aromatic carbocycles. The zero-order valence-corrected chi connectivity index (χ0v) is 13.0. The maximum absolute atomic E-state index is 5.97. The van der Waals surface area contributed by atoms with Crippen molar-refractivity contribution >= 4 is 21.6 Å². The summed E-state index contributed by atoms with van der Waals surface area (Å²) >= 11 is 1.69. The van der Waals surface area contributed by atoms with Crippen LogP contribution in [0.15, 0.2) is 42.5 Å². The van der Waals surface area contributed by atoms with Gasteiger partial charge in [-0.25, -0.2) is 4.98 Å². The van der Waals surface area contributed by atoms with Crippen LogP contribution in [0.2, 0.25) is 0 Å². The molecule has 0 fully saturated rings. The average molecular weight is 298 g/mol. The van der Waals surface area contributed by atoms with Crippen molar-refractivity contribution in [2.45, 2.75) is 20.1 Å². The fraction of sp³-hybridized carbons (Fsp3) is 0.235. The Hall–Kier alpha value is -1.91. The van der Waals surface area contributed by atoms with Crippen molar-refractivity contribution in [3.63, 3.8) is 0 Å². The lowest BCUT2D eigenvalue weighted by molar-refractivity contribution is 0.302. The van der Waals surface area contributed by atoms with E-state index in [0.29, 0.717) is 6.61 Å². The van der Waals surface area contributed by atoms with E-state index in [1.54, 1.807) is 11.3 Å². The van der Waals surface area contributed by atoms with Gasteiger partial charge in [0, 0.05) is 12.1 Å². The highest BCUT2D eigenvalue weighted by atomic mass is 32.1. The fourth-order valence-electron chi connectivity index (χ4n) is 2.30. The van der Waals surface area contributed by atoms with E-state index >= 15 is 0 Å². The first-order valence-electron chi connectivity index (χ1n) is 6.97. The molecule has 1 N–H and O–H groups in total. The van der Waals surface area contributed by atoms with E-state index in [0.717, 1.165) is 22.8 Å². The summed E-state index contributed by atoms with van der Waals surface area (Å²) in [6.45, 7) is 3.41. The number of fused-ring (bicyclic) bond motifs is 1. The Morgan fingerprint density at radius 3 is 2.86 bits per heavy atom. The molecule has 0 aliphatic carbocycles. The molecule has 0 atom stereocenters. The number of nitrogens with zero attached hydrogens (tertiary/aromatic N) is 1. The first kappa shape index (κ1) is 14.0. The van der Waals surface area contributed by atoms with Crippen LogP contribution in [0.1, 0.15) is 16.1 Å². The molecule has 0 saturated heterocycles. The number of ether oxygens (including phenoxy) is 1. The average Bonchev–Trinajstić information content (AvgIpc) is 2.89. The summed E-state index contributed by atoms with van der Waals surface area (Å²) in [6, 6.07) is 14.4. The molecule has 108 valence electrons. The maximum Gasteiger partial charge on any atom is 0.140 e. The van der Waals surface area contributed by atoms with Gasteiger partial charge >= 0.3 is 0 Å². The van der Waals surface area contributed by atoms with Crippen LogP contribution in [0, 0.1) is 6.92 Å². The second-order valence-corrected chi connectivity index (χ2v) is 6.12. The molecule has 21 heavy (non-hydrogen) atoms. The van der Waals surface area contributed by atoms with Gasteiger partial charge in [-0.05, 0) is 32.2 Å². The number of aromatic nitrogens is 1. The van der Waals surface area contributed by atoms with Crippen molar-refractivity contribution in [1.82, 2.24) is 10.3 Å². The Bertz CT molecular complexity index is 718. The van der Waals surface area contributed by atoms with E-state index in [2.05, 4.69) is 35.4 Å². The van der Waals surface area contributed by atoms with E-state index in [1.165, 1.54) is 15.8 Å². The molecule has 0 spiro atoms. The summed E-state index contributed by atoms with van der Waals surface area (Å²) in [7, 11) is 1.94. The SMILES string of the molecule is CNCc1cc(C)ccc1OCc1nc2ccccc2s1. The summed E-state index contributed by atoms with van der Waals surface area (Å²) in [5, 5.41) is 4.18. The summed E-state index contributed by atoms with van der Waals surface area (Å²) in [5.41, 5.74) is 3.46. The van der Waals surface area contributed by atoms with Crippen molar-refractivity contribution < 1.29 is 4.74 Å². The number of para-hydroxylation sites is 1. The van der Waals surface area contributed by atoms with Crippen LogP contribution in [-0.4, -0.2) is 12.0 Å². The quantitative estimate of drug-likeness (QED) is 0.775. The minimum absolute atomic E-state index is 0.513. The van der Waals surface area contributed by atoms with Gasteiger partial charge in [-0.3, -0.25) is 0 Å². The third kappa shape index (κ3) is 3.23. The minimum atomic E-state index is 0.513. The predicted molar refractivity (Wildman–Crippen MR) is 87.9 cm³/mol. The van der Waals surface area contributed by atoms with Crippen LogP contribution in [0.3, 0.4) is 0 Å². The second kappa shape index (κ2) is 6.24. The van der Waals surface area contributed by atoms with Gasteiger partial charge in [0.25, 0.3) is 0 Å². The van der Waals surface area contributed by atoms with E-state index in [-0.39, 0.29) is 0 Å². The molecule has 3 aromatic rings. The Morgan fingerprint density at radius 1 is 1.19 bits per heavy atom. The van der Waals surface area contributed by atoms with Gasteiger partial charge in [0.05, 0.1) is 10.2 Å². The molecule has 0 bridgehead atoms. The largest absolute Gasteiger partial charge is 0.486 e. The number of hydrogen-bond donors (Lipinski definition) is 1. The minimum Gasteiger partial charge on any atom is -0.486 e. The van der Waals surface area contributed by atoms with Crippen molar-refractivity contribution in [1.29, 1.82) is 0 Å². The van der Waals surface area contributed by atoms with Gasteiger partial charge in [0.15, 0.2) is 0 Å². The summed E-state index contributed by atoms with van der Waals surface area (Å²) in [6.07, 6.45) is 0. The Kier molecular flexibility index (Phi) is 4.18. The molecular formula is C17H18N2OS. The monoisotopic (exact) mass is 298 g/mol. The zero-order valence-electron chi connectivity index (χ0n) is 12.2. The highest BCUT2D eigenvalue weighted by Gasteiger charge is 2.07. The van der Waals surface area contributed by atoms with Gasteiger partial charge in [0.1, 0.15) is 17.4 Å². The second-order valence-electron chi connectivity index (χ2n) is 5.01. The fourth-order valence-corrected chi connectivity index (χ4v) is 3.18. The van der Waals surface area contributed by atoms with Crippen molar-refractivity contribution in [2.24, 2.45) is 0 Å². The first-order valence-corrected chi connectivity index (χ1v) is 7.79. The molecule has 0 saturated carbocycles. The molecule has 0 unspecified atom stereocenters. The van der Waals surface area contributed by atoms with Crippen molar-refractivity contribution in [3.05, 3.63) is 58.6 Å². The van der Waals surface area contributed by atoms with Crippen LogP contribution >= 0.6 is 11.3 Å². The molecule has 0 radical (unpaired) electrons. The van der Waals surface area contributed by atoms with Gasteiger partial charge in [-0.2, -0.15) is 0 Å². The third-order valence-electron chi connectivity index (χ3n) is 3.27. The Morgan fingerprint density at radius 2 is 2.05 bits per heavy atom. The van der Waals surface area contributed by atoms with E-state index in [1.807, 2.05) is 31.3 Å². The standard InChI is InChI=1S/C17H18N2OS/c1-12-7-8-15(13(9-12)10-18-2)20-11-17-19-14-5-3-4-6-16(14)21-17/h3-9,18H,10-11H2,1-2H3. The number of hydrogen-bond acceptors (Lipinski definition) is 4. The van der Waals surface area contributed by atoms with Crippen LogP contribution in [-0.2, 0) is 13.2 Å². The smallest absolute Gasteiger partial charge is 0.140 e. The molecule has 1 heterocycles. The van der Waals surface area contributed by atoms with Crippen LogP contribution in [0.5, 0.6) is 5.75 Å². The van der Waals surface area contributed by atoms with Gasteiger partial charge in [0.2, 0.25) is 0 Å². The van der Waals surface area contributed by atoms with E-state index in [4.69, 9.17) is 4.74 Å². The van der Waals surface area contributed by atoms with Crippen molar-refractivity contribution in [2.75, 3.05) is 7.05 Å². The number of benzene rings is 2. The lowest BCUT2D eigenvalue weighted by atomic mass is 10.1. The molecule has 3 rings (SSSR count). The van der Waals surface area contributed by atoms with E-state index in [9.17, 15) is 0 Å². The van der Waals surface area contributed by atoms with Gasteiger partial charge in [-0.15, -0.1) is 11.3 Å². The number of nitrogens with one attached hydrogen (secondary N) is 1. The number of thiazole rings is 1. The topological polar surface area (TPSA) is 34.1 Å². The van der Waals surface area contributed by atoms with Crippen LogP contribution < -0.4 is 10.1 Å². The third-order valence-corrected chi connectivity index (χ3v) is 4.28. The van der Waals surface area contributed by atoms with Crippen LogP contribution in [0.25, 0.3) is 10.2 Å². The first-order chi connectivity index (χ1) is 10.3. The Labute approximate surface area is 128 Å². The van der Waals surface area contributed by atoms with Gasteiger partial charge in [-0.1, -0.05) is 29.8 Å². The lowest BCUT2D eigenvalue weighted by Gasteiger charge is -2.11. The summed E-state index contributed by atoms with van der Waals surface area (Å²) in [4.78, 5) is 4.60. The number of aryl methyl sites for hydroxylation is 1. The molecule has 0 aliphatic heterocycles. The molecular weight excluding hydrogens is 280 g/mol. The van der Waals surface area contributed by atoms with Crippen molar-refractivity contribution in [3.8, 4) is 5.75 Å². The molecule has 3 nitrogen and oxygen atoms in total. The Balaban J connectivity index is 1.77. The summed E-state index contributed by atoms with van der Waals surface area (Å²) in [5.74, 6) is 0.925. The lowest BCUT2D eigenvalue weighted by Crippen LogP contribution is -2.07. The molecule has 0 amide bonds. The van der Waals surface area contributed by atoms with Gasteiger partial charge < -0.3 is 10.1 Å². The molecule has 1 aromatic heterocycles. The van der Waals surface area contributed by atoms with Crippen LogP contribution in [0.4, 0.5) is 0 Å². The highest BCUT2D eigenvalue weighted by Crippen LogP contribution is 2.25. The highest BCUT2D eigenvalue weighted by molar-refractivity contribution is 7.18. The molecule has 4 heteroatoms. The maximum atomic E-state index is 5.97. The number of rotatable bonds is 5.